The number of hydrogen-bond donors (Lipinski definition) is 1. The van der Waals surface area contributed by atoms with Crippen LogP contribution in [0.2, 0.25) is 0 Å². The van der Waals surface area contributed by atoms with E-state index in [1.54, 1.807) is 0 Å². The summed E-state index contributed by atoms with van der Waals surface area (Å²) in [6, 6.07) is 3.79. The van der Waals surface area contributed by atoms with Crippen molar-refractivity contribution in [3.05, 3.63) is 23.7 Å². The van der Waals surface area contributed by atoms with Crippen molar-refractivity contribution in [2.75, 3.05) is 6.61 Å². The Bertz CT molecular complexity index is 255. The number of rotatable bonds is 4. The fraction of sp³-hybridized carbons (Fsp3) is 0.600. The molecule has 0 aliphatic rings. The topological polar surface area (TPSA) is 48.4 Å². The molecule has 0 aliphatic heterocycles. The van der Waals surface area contributed by atoms with Crippen molar-refractivity contribution < 1.29 is 9.15 Å². The SMILES string of the molecule is CCOC(c1ccc(C)o1)C(C)N. The molecule has 2 N–H and O–H groups in total. The summed E-state index contributed by atoms with van der Waals surface area (Å²) in [5.41, 5.74) is 5.78. The molecule has 1 aromatic rings. The summed E-state index contributed by atoms with van der Waals surface area (Å²) < 4.78 is 10.9. The fourth-order valence-electron chi connectivity index (χ4n) is 1.28. The summed E-state index contributed by atoms with van der Waals surface area (Å²) in [5.74, 6) is 1.70. The van der Waals surface area contributed by atoms with Crippen LogP contribution in [0.25, 0.3) is 0 Å². The molecule has 74 valence electrons. The second kappa shape index (κ2) is 4.44. The molecular weight excluding hydrogens is 166 g/mol. The summed E-state index contributed by atoms with van der Waals surface area (Å²) in [6.45, 7) is 6.42. The summed E-state index contributed by atoms with van der Waals surface area (Å²) in [5, 5.41) is 0. The summed E-state index contributed by atoms with van der Waals surface area (Å²) in [4.78, 5) is 0. The van der Waals surface area contributed by atoms with Gasteiger partial charge >= 0.3 is 0 Å². The first kappa shape index (κ1) is 10.3. The van der Waals surface area contributed by atoms with E-state index >= 15 is 0 Å². The van der Waals surface area contributed by atoms with Crippen molar-refractivity contribution in [3.8, 4) is 0 Å². The van der Waals surface area contributed by atoms with Crippen LogP contribution in [0.15, 0.2) is 16.5 Å². The second-order valence-corrected chi connectivity index (χ2v) is 3.18. The quantitative estimate of drug-likeness (QED) is 0.776. The predicted octanol–water partition coefficient (Wildman–Crippen LogP) is 2.01. The van der Waals surface area contributed by atoms with Gasteiger partial charge in [0, 0.05) is 12.6 Å². The van der Waals surface area contributed by atoms with Gasteiger partial charge in [0.1, 0.15) is 17.6 Å². The van der Waals surface area contributed by atoms with Crippen LogP contribution < -0.4 is 5.73 Å². The van der Waals surface area contributed by atoms with E-state index in [0.717, 1.165) is 11.5 Å². The lowest BCUT2D eigenvalue weighted by Crippen LogP contribution is -2.26. The molecule has 1 aromatic heterocycles. The first-order chi connectivity index (χ1) is 6.15. The lowest BCUT2D eigenvalue weighted by molar-refractivity contribution is 0.0316. The van der Waals surface area contributed by atoms with E-state index in [9.17, 15) is 0 Å². The van der Waals surface area contributed by atoms with Crippen LogP contribution in [-0.4, -0.2) is 12.6 Å². The molecule has 3 nitrogen and oxygen atoms in total. The maximum Gasteiger partial charge on any atom is 0.134 e. The zero-order valence-corrected chi connectivity index (χ0v) is 8.41. The molecular formula is C10H17NO2. The average Bonchev–Trinajstić information content (AvgIpc) is 2.46. The number of aryl methyl sites for hydroxylation is 1. The number of furan rings is 1. The van der Waals surface area contributed by atoms with E-state index in [4.69, 9.17) is 14.9 Å². The van der Waals surface area contributed by atoms with E-state index in [1.165, 1.54) is 0 Å². The molecule has 0 saturated carbocycles. The molecule has 0 amide bonds. The molecule has 0 bridgehead atoms. The van der Waals surface area contributed by atoms with Crippen molar-refractivity contribution in [3.63, 3.8) is 0 Å². The molecule has 0 aromatic carbocycles. The molecule has 0 saturated heterocycles. The van der Waals surface area contributed by atoms with Gasteiger partial charge in [0.15, 0.2) is 0 Å². The van der Waals surface area contributed by atoms with Crippen molar-refractivity contribution in [1.82, 2.24) is 0 Å². The van der Waals surface area contributed by atoms with Crippen LogP contribution in [-0.2, 0) is 4.74 Å². The van der Waals surface area contributed by atoms with E-state index < -0.39 is 0 Å². The lowest BCUT2D eigenvalue weighted by Gasteiger charge is -2.18. The van der Waals surface area contributed by atoms with E-state index in [0.29, 0.717) is 6.61 Å². The second-order valence-electron chi connectivity index (χ2n) is 3.18. The zero-order valence-electron chi connectivity index (χ0n) is 8.41. The largest absolute Gasteiger partial charge is 0.464 e. The van der Waals surface area contributed by atoms with Gasteiger partial charge < -0.3 is 14.9 Å². The maximum absolute atomic E-state index is 5.78. The number of nitrogens with two attached hydrogens (primary N) is 1. The van der Waals surface area contributed by atoms with Gasteiger partial charge in [0.25, 0.3) is 0 Å². The predicted molar refractivity (Wildman–Crippen MR) is 51.5 cm³/mol. The van der Waals surface area contributed by atoms with Crippen LogP contribution in [0.5, 0.6) is 0 Å². The first-order valence-corrected chi connectivity index (χ1v) is 4.58. The summed E-state index contributed by atoms with van der Waals surface area (Å²) >= 11 is 0. The van der Waals surface area contributed by atoms with Gasteiger partial charge in [0.2, 0.25) is 0 Å². The van der Waals surface area contributed by atoms with E-state index in [2.05, 4.69) is 0 Å². The van der Waals surface area contributed by atoms with Gasteiger partial charge in [-0.3, -0.25) is 0 Å². The van der Waals surface area contributed by atoms with Crippen LogP contribution in [0, 0.1) is 6.92 Å². The Kier molecular flexibility index (Phi) is 3.51. The Balaban J connectivity index is 2.75. The first-order valence-electron chi connectivity index (χ1n) is 4.58. The van der Waals surface area contributed by atoms with Crippen molar-refractivity contribution >= 4 is 0 Å². The highest BCUT2D eigenvalue weighted by Gasteiger charge is 2.19. The van der Waals surface area contributed by atoms with Crippen LogP contribution in [0.1, 0.15) is 31.5 Å². The highest BCUT2D eigenvalue weighted by Crippen LogP contribution is 2.22. The molecule has 2 atom stereocenters. The molecule has 1 rings (SSSR count). The smallest absolute Gasteiger partial charge is 0.134 e. The van der Waals surface area contributed by atoms with Crippen molar-refractivity contribution in [2.24, 2.45) is 5.73 Å². The molecule has 2 unspecified atom stereocenters. The van der Waals surface area contributed by atoms with Gasteiger partial charge in [-0.15, -0.1) is 0 Å². The Labute approximate surface area is 78.9 Å². The molecule has 0 aliphatic carbocycles. The number of hydrogen-bond acceptors (Lipinski definition) is 3. The minimum absolute atomic E-state index is 0.0505. The van der Waals surface area contributed by atoms with Crippen LogP contribution in [0.4, 0.5) is 0 Å². The summed E-state index contributed by atoms with van der Waals surface area (Å²) in [6.07, 6.45) is -0.126. The molecule has 1 heterocycles. The summed E-state index contributed by atoms with van der Waals surface area (Å²) in [7, 11) is 0. The molecule has 13 heavy (non-hydrogen) atoms. The van der Waals surface area contributed by atoms with Crippen molar-refractivity contribution in [1.29, 1.82) is 0 Å². The third-order valence-electron chi connectivity index (χ3n) is 1.87. The third-order valence-corrected chi connectivity index (χ3v) is 1.87. The van der Waals surface area contributed by atoms with Gasteiger partial charge in [-0.2, -0.15) is 0 Å². The van der Waals surface area contributed by atoms with E-state index in [-0.39, 0.29) is 12.1 Å². The molecule has 0 spiro atoms. The third kappa shape index (κ3) is 2.57. The van der Waals surface area contributed by atoms with Crippen LogP contribution in [0.3, 0.4) is 0 Å². The Morgan fingerprint density at radius 2 is 2.23 bits per heavy atom. The Morgan fingerprint density at radius 1 is 1.54 bits per heavy atom. The van der Waals surface area contributed by atoms with Crippen LogP contribution >= 0.6 is 0 Å². The lowest BCUT2D eigenvalue weighted by atomic mass is 10.1. The highest BCUT2D eigenvalue weighted by molar-refractivity contribution is 5.09. The van der Waals surface area contributed by atoms with Gasteiger partial charge in [-0.25, -0.2) is 0 Å². The maximum atomic E-state index is 5.78. The normalized spacial score (nSPS) is 15.7. The van der Waals surface area contributed by atoms with Crippen molar-refractivity contribution in [2.45, 2.75) is 32.9 Å². The molecule has 3 heteroatoms. The zero-order chi connectivity index (χ0) is 9.84. The molecule has 0 radical (unpaired) electrons. The highest BCUT2D eigenvalue weighted by atomic mass is 16.5. The fourth-order valence-corrected chi connectivity index (χ4v) is 1.28. The minimum atomic E-state index is -0.126. The average molecular weight is 183 g/mol. The Morgan fingerprint density at radius 3 is 2.62 bits per heavy atom. The number of ether oxygens (including phenoxy) is 1. The molecule has 0 fully saturated rings. The van der Waals surface area contributed by atoms with Gasteiger partial charge in [-0.05, 0) is 32.9 Å². The van der Waals surface area contributed by atoms with E-state index in [1.807, 2.05) is 32.9 Å². The Hall–Kier alpha value is -0.800. The minimum Gasteiger partial charge on any atom is -0.464 e. The van der Waals surface area contributed by atoms with Gasteiger partial charge in [-0.1, -0.05) is 0 Å². The monoisotopic (exact) mass is 183 g/mol. The standard InChI is InChI=1S/C10H17NO2/c1-4-12-10(8(3)11)9-6-5-7(2)13-9/h5-6,8,10H,4,11H2,1-3H3. The van der Waals surface area contributed by atoms with Gasteiger partial charge in [0.05, 0.1) is 0 Å².